The highest BCUT2D eigenvalue weighted by Gasteiger charge is 2.48. The quantitative estimate of drug-likeness (QED) is 0.584. The molecule has 3 rings (SSSR count). The fourth-order valence-corrected chi connectivity index (χ4v) is 7.38. The van der Waals surface area contributed by atoms with Crippen LogP contribution in [0.3, 0.4) is 0 Å². The molecule has 0 amide bonds. The van der Waals surface area contributed by atoms with Gasteiger partial charge in [0.25, 0.3) is 0 Å². The number of fused-ring (bicyclic) bond motifs is 1. The summed E-state index contributed by atoms with van der Waals surface area (Å²) in [5.74, 6) is 0.241. The minimum absolute atomic E-state index is 0.0241. The van der Waals surface area contributed by atoms with E-state index in [1.807, 2.05) is 49.6 Å². The first kappa shape index (κ1) is 23.2. The average Bonchev–Trinajstić information content (AvgIpc) is 2.83. The fraction of sp³-hybridized carbons (Fsp3) is 0.500. The molecule has 6 heteroatoms. The molecule has 0 bridgehead atoms. The standard InChI is InChI=1S/C24H32O4S2/c1-5-7-13-24(6-2)16-30(26,27)21-12-11-19(29-4)15-20(21)22(23(24)25)17-9-8-10-18(14-17)28-3/h8-12,14-15,22-23,25H,5-7,13,16H2,1-4H3/t22-,23-,24-/m1/s1. The number of hydrogen-bond donors (Lipinski definition) is 1. The molecule has 164 valence electrons. The van der Waals surface area contributed by atoms with Crippen LogP contribution in [0.1, 0.15) is 56.6 Å². The monoisotopic (exact) mass is 448 g/mol. The van der Waals surface area contributed by atoms with Crippen molar-refractivity contribution < 1.29 is 18.3 Å². The Morgan fingerprint density at radius 3 is 2.60 bits per heavy atom. The van der Waals surface area contributed by atoms with Gasteiger partial charge in [0.05, 0.1) is 23.9 Å². The van der Waals surface area contributed by atoms with Crippen LogP contribution < -0.4 is 4.74 Å². The highest BCUT2D eigenvalue weighted by molar-refractivity contribution is 7.98. The van der Waals surface area contributed by atoms with E-state index in [1.54, 1.807) is 24.9 Å². The Hall–Kier alpha value is -1.50. The van der Waals surface area contributed by atoms with Gasteiger partial charge < -0.3 is 9.84 Å². The fourth-order valence-electron chi connectivity index (χ4n) is 4.68. The second kappa shape index (κ2) is 9.33. The highest BCUT2D eigenvalue weighted by Crippen LogP contribution is 2.49. The number of benzene rings is 2. The third-order valence-electron chi connectivity index (χ3n) is 6.49. The molecule has 0 fully saturated rings. The molecule has 4 nitrogen and oxygen atoms in total. The van der Waals surface area contributed by atoms with Crippen molar-refractivity contribution in [3.8, 4) is 5.75 Å². The minimum atomic E-state index is -3.54. The lowest BCUT2D eigenvalue weighted by atomic mass is 9.69. The third-order valence-corrected chi connectivity index (χ3v) is 9.22. The van der Waals surface area contributed by atoms with E-state index in [9.17, 15) is 13.5 Å². The van der Waals surface area contributed by atoms with E-state index in [1.165, 1.54) is 0 Å². The Morgan fingerprint density at radius 2 is 1.97 bits per heavy atom. The summed E-state index contributed by atoms with van der Waals surface area (Å²) in [6.45, 7) is 4.10. The molecular weight excluding hydrogens is 416 g/mol. The van der Waals surface area contributed by atoms with Crippen molar-refractivity contribution in [1.29, 1.82) is 0 Å². The number of sulfone groups is 1. The zero-order chi connectivity index (χ0) is 21.9. The molecule has 0 saturated heterocycles. The van der Waals surface area contributed by atoms with Crippen LogP contribution in [0.4, 0.5) is 0 Å². The second-order valence-electron chi connectivity index (χ2n) is 8.18. The van der Waals surface area contributed by atoms with E-state index in [-0.39, 0.29) is 5.75 Å². The summed E-state index contributed by atoms with van der Waals surface area (Å²) in [6, 6.07) is 13.2. The van der Waals surface area contributed by atoms with Gasteiger partial charge in [0.1, 0.15) is 5.75 Å². The normalized spacial score (nSPS) is 25.4. The summed E-state index contributed by atoms with van der Waals surface area (Å²) in [7, 11) is -1.93. The molecule has 0 spiro atoms. The molecule has 0 aromatic heterocycles. The van der Waals surface area contributed by atoms with Crippen LogP contribution in [0.15, 0.2) is 52.3 Å². The maximum Gasteiger partial charge on any atom is 0.179 e. The molecule has 1 aliphatic heterocycles. The summed E-state index contributed by atoms with van der Waals surface area (Å²) in [4.78, 5) is 1.33. The first-order valence-corrected chi connectivity index (χ1v) is 13.4. The average molecular weight is 449 g/mol. The predicted molar refractivity (Wildman–Crippen MR) is 123 cm³/mol. The number of methoxy groups -OCH3 is 1. The molecular formula is C24H32O4S2. The van der Waals surface area contributed by atoms with Gasteiger partial charge in [-0.3, -0.25) is 0 Å². The minimum Gasteiger partial charge on any atom is -0.497 e. The molecule has 0 unspecified atom stereocenters. The topological polar surface area (TPSA) is 63.6 Å². The number of aliphatic hydroxyl groups excluding tert-OH is 1. The molecule has 1 heterocycles. The largest absolute Gasteiger partial charge is 0.497 e. The predicted octanol–water partition coefficient (Wildman–Crippen LogP) is 5.28. The molecule has 1 N–H and O–H groups in total. The van der Waals surface area contributed by atoms with E-state index in [2.05, 4.69) is 6.92 Å². The summed E-state index contributed by atoms with van der Waals surface area (Å²) in [5.41, 5.74) is 0.878. The molecule has 0 radical (unpaired) electrons. The van der Waals surface area contributed by atoms with Gasteiger partial charge in [-0.05, 0) is 60.6 Å². The van der Waals surface area contributed by atoms with Crippen molar-refractivity contribution in [2.75, 3.05) is 19.1 Å². The summed E-state index contributed by atoms with van der Waals surface area (Å²) in [6.07, 6.45) is 4.30. The van der Waals surface area contributed by atoms with Crippen LogP contribution in [-0.2, 0) is 9.84 Å². The van der Waals surface area contributed by atoms with Crippen LogP contribution in [0.2, 0.25) is 0 Å². The van der Waals surface area contributed by atoms with Gasteiger partial charge >= 0.3 is 0 Å². The van der Waals surface area contributed by atoms with Crippen LogP contribution in [0.25, 0.3) is 0 Å². The Kier molecular flexibility index (Phi) is 7.20. The van der Waals surface area contributed by atoms with Gasteiger partial charge in [0.2, 0.25) is 0 Å². The number of unbranched alkanes of at least 4 members (excludes halogenated alkanes) is 1. The lowest BCUT2D eigenvalue weighted by Crippen LogP contribution is -2.42. The van der Waals surface area contributed by atoms with Gasteiger partial charge in [-0.1, -0.05) is 38.8 Å². The van der Waals surface area contributed by atoms with Crippen molar-refractivity contribution in [3.05, 3.63) is 53.6 Å². The van der Waals surface area contributed by atoms with E-state index in [4.69, 9.17) is 4.74 Å². The number of thioether (sulfide) groups is 1. The van der Waals surface area contributed by atoms with E-state index in [0.717, 1.165) is 23.3 Å². The summed E-state index contributed by atoms with van der Waals surface area (Å²) < 4.78 is 32.5. The first-order valence-electron chi connectivity index (χ1n) is 10.5. The molecule has 0 aliphatic carbocycles. The molecule has 2 aromatic rings. The summed E-state index contributed by atoms with van der Waals surface area (Å²) >= 11 is 1.57. The van der Waals surface area contributed by atoms with Crippen molar-refractivity contribution in [1.82, 2.24) is 0 Å². The maximum atomic E-state index is 13.5. The zero-order valence-corrected chi connectivity index (χ0v) is 19.9. The molecule has 30 heavy (non-hydrogen) atoms. The Morgan fingerprint density at radius 1 is 1.20 bits per heavy atom. The Bertz CT molecular complexity index is 986. The van der Waals surface area contributed by atoms with Crippen molar-refractivity contribution >= 4 is 21.6 Å². The number of rotatable bonds is 7. The lowest BCUT2D eigenvalue weighted by molar-refractivity contribution is 0.0173. The van der Waals surface area contributed by atoms with E-state index in [0.29, 0.717) is 29.1 Å². The smallest absolute Gasteiger partial charge is 0.179 e. The van der Waals surface area contributed by atoms with E-state index >= 15 is 0 Å². The summed E-state index contributed by atoms with van der Waals surface area (Å²) in [5, 5.41) is 11.8. The Labute approximate surface area is 185 Å². The van der Waals surface area contributed by atoms with Crippen LogP contribution >= 0.6 is 11.8 Å². The van der Waals surface area contributed by atoms with Crippen LogP contribution in [-0.4, -0.2) is 38.7 Å². The first-order chi connectivity index (χ1) is 14.3. The van der Waals surface area contributed by atoms with Gasteiger partial charge in [-0.2, -0.15) is 0 Å². The SMILES string of the molecule is CCCC[C@]1(CC)CS(=O)(=O)c2ccc(SC)cc2[C@@H](c2cccc(OC)c2)[C@H]1O. The van der Waals surface area contributed by atoms with Gasteiger partial charge in [0.15, 0.2) is 9.84 Å². The molecule has 2 aromatic carbocycles. The Balaban J connectivity index is 2.31. The number of hydrogen-bond acceptors (Lipinski definition) is 5. The molecule has 0 saturated carbocycles. The van der Waals surface area contributed by atoms with Crippen molar-refractivity contribution in [2.24, 2.45) is 5.41 Å². The van der Waals surface area contributed by atoms with Crippen LogP contribution in [0, 0.1) is 5.41 Å². The number of aliphatic hydroxyl groups is 1. The van der Waals surface area contributed by atoms with Gasteiger partial charge in [-0.25, -0.2) is 8.42 Å². The van der Waals surface area contributed by atoms with Crippen molar-refractivity contribution in [3.63, 3.8) is 0 Å². The lowest BCUT2D eigenvalue weighted by Gasteiger charge is -2.39. The number of ether oxygens (including phenoxy) is 1. The van der Waals surface area contributed by atoms with Crippen LogP contribution in [0.5, 0.6) is 5.75 Å². The molecule has 3 atom stereocenters. The highest BCUT2D eigenvalue weighted by atomic mass is 32.2. The maximum absolute atomic E-state index is 13.5. The van der Waals surface area contributed by atoms with Gasteiger partial charge in [-0.15, -0.1) is 11.8 Å². The third kappa shape index (κ3) is 4.27. The second-order valence-corrected chi connectivity index (χ2v) is 11.0. The zero-order valence-electron chi connectivity index (χ0n) is 18.2. The van der Waals surface area contributed by atoms with Crippen molar-refractivity contribution in [2.45, 2.75) is 61.3 Å². The molecule has 1 aliphatic rings. The van der Waals surface area contributed by atoms with Gasteiger partial charge in [0, 0.05) is 16.2 Å². The van der Waals surface area contributed by atoms with E-state index < -0.39 is 27.3 Å².